The standard InChI is InChI=1S/C13H13Cl2N3O/c1-8(17-19)13-7-18(9(2)16-13)6-10-11(14)4-3-5-12(10)15/h3-5,7,19H,6H2,1-2H3/b17-8+. The predicted octanol–water partition coefficient (Wildman–Crippen LogP) is 3.74. The molecule has 0 saturated carbocycles. The van der Waals surface area contributed by atoms with E-state index in [1.165, 1.54) is 0 Å². The first-order valence-electron chi connectivity index (χ1n) is 5.68. The number of aryl methyl sites for hydroxylation is 1. The zero-order valence-electron chi connectivity index (χ0n) is 10.6. The third kappa shape index (κ3) is 2.91. The fraction of sp³-hybridized carbons (Fsp3) is 0.231. The zero-order chi connectivity index (χ0) is 14.0. The molecule has 0 spiro atoms. The number of nitrogens with zero attached hydrogens (tertiary/aromatic N) is 3. The number of halogens is 2. The van der Waals surface area contributed by atoms with Crippen LogP contribution in [0.15, 0.2) is 29.6 Å². The van der Waals surface area contributed by atoms with E-state index in [0.29, 0.717) is 28.0 Å². The molecule has 0 unspecified atom stereocenters. The molecule has 0 fully saturated rings. The normalized spacial score (nSPS) is 11.9. The van der Waals surface area contributed by atoms with Crippen LogP contribution in [-0.4, -0.2) is 20.5 Å². The lowest BCUT2D eigenvalue weighted by Crippen LogP contribution is -2.02. The highest BCUT2D eigenvalue weighted by molar-refractivity contribution is 6.35. The number of aromatic nitrogens is 2. The summed E-state index contributed by atoms with van der Waals surface area (Å²) in [7, 11) is 0. The Morgan fingerprint density at radius 3 is 2.58 bits per heavy atom. The van der Waals surface area contributed by atoms with Gasteiger partial charge in [-0.05, 0) is 26.0 Å². The van der Waals surface area contributed by atoms with Crippen molar-refractivity contribution in [3.63, 3.8) is 0 Å². The number of hydrogen-bond donors (Lipinski definition) is 1. The van der Waals surface area contributed by atoms with Crippen molar-refractivity contribution in [3.8, 4) is 0 Å². The van der Waals surface area contributed by atoms with E-state index >= 15 is 0 Å². The van der Waals surface area contributed by atoms with E-state index in [1.807, 2.05) is 23.8 Å². The van der Waals surface area contributed by atoms with Gasteiger partial charge >= 0.3 is 0 Å². The van der Waals surface area contributed by atoms with Crippen LogP contribution in [0.1, 0.15) is 24.0 Å². The van der Waals surface area contributed by atoms with Gasteiger partial charge in [0.25, 0.3) is 0 Å². The van der Waals surface area contributed by atoms with E-state index in [0.717, 1.165) is 11.4 Å². The van der Waals surface area contributed by atoms with Crippen molar-refractivity contribution in [1.29, 1.82) is 0 Å². The summed E-state index contributed by atoms with van der Waals surface area (Å²) in [4.78, 5) is 4.32. The molecule has 0 bridgehead atoms. The minimum atomic E-state index is 0.465. The molecule has 0 radical (unpaired) electrons. The smallest absolute Gasteiger partial charge is 0.106 e. The number of oxime groups is 1. The molecule has 1 aromatic heterocycles. The van der Waals surface area contributed by atoms with Gasteiger partial charge in [0.05, 0.1) is 6.54 Å². The van der Waals surface area contributed by atoms with Crippen LogP contribution in [0.4, 0.5) is 0 Å². The van der Waals surface area contributed by atoms with Crippen LogP contribution in [0.25, 0.3) is 0 Å². The van der Waals surface area contributed by atoms with Crippen molar-refractivity contribution in [2.75, 3.05) is 0 Å². The molecule has 1 aromatic carbocycles. The summed E-state index contributed by atoms with van der Waals surface area (Å²) < 4.78 is 1.91. The van der Waals surface area contributed by atoms with E-state index < -0.39 is 0 Å². The molecule has 0 amide bonds. The summed E-state index contributed by atoms with van der Waals surface area (Å²) in [5.74, 6) is 0.800. The average molecular weight is 298 g/mol. The first-order valence-corrected chi connectivity index (χ1v) is 6.44. The number of imidazole rings is 1. The fourth-order valence-electron chi connectivity index (χ4n) is 1.75. The quantitative estimate of drug-likeness (QED) is 0.533. The highest BCUT2D eigenvalue weighted by Gasteiger charge is 2.11. The lowest BCUT2D eigenvalue weighted by atomic mass is 10.2. The van der Waals surface area contributed by atoms with Crippen molar-refractivity contribution in [3.05, 3.63) is 51.5 Å². The molecular weight excluding hydrogens is 285 g/mol. The summed E-state index contributed by atoms with van der Waals surface area (Å²) in [6.07, 6.45) is 1.81. The lowest BCUT2D eigenvalue weighted by Gasteiger charge is -2.08. The Kier molecular flexibility index (Phi) is 4.12. The first-order chi connectivity index (χ1) is 9.02. The minimum Gasteiger partial charge on any atom is -0.411 e. The van der Waals surface area contributed by atoms with Crippen LogP contribution in [-0.2, 0) is 6.54 Å². The average Bonchev–Trinajstić information content (AvgIpc) is 2.74. The summed E-state index contributed by atoms with van der Waals surface area (Å²) in [6.45, 7) is 4.09. The maximum Gasteiger partial charge on any atom is 0.106 e. The van der Waals surface area contributed by atoms with E-state index in [4.69, 9.17) is 28.4 Å². The van der Waals surface area contributed by atoms with Crippen molar-refractivity contribution in [1.82, 2.24) is 9.55 Å². The summed E-state index contributed by atoms with van der Waals surface area (Å²) in [5, 5.41) is 13.1. The second kappa shape index (κ2) is 5.63. The third-order valence-electron chi connectivity index (χ3n) is 2.89. The molecule has 6 heteroatoms. The Hall–Kier alpha value is -1.52. The van der Waals surface area contributed by atoms with Gasteiger partial charge in [0.15, 0.2) is 0 Å². The molecule has 0 saturated heterocycles. The predicted molar refractivity (Wildman–Crippen MR) is 76.5 cm³/mol. The van der Waals surface area contributed by atoms with Crippen LogP contribution in [0.3, 0.4) is 0 Å². The van der Waals surface area contributed by atoms with Gasteiger partial charge in [-0.15, -0.1) is 0 Å². The third-order valence-corrected chi connectivity index (χ3v) is 3.60. The Morgan fingerprint density at radius 1 is 1.37 bits per heavy atom. The maximum absolute atomic E-state index is 8.76. The molecule has 2 rings (SSSR count). The molecule has 2 aromatic rings. The van der Waals surface area contributed by atoms with E-state index in [1.54, 1.807) is 19.1 Å². The van der Waals surface area contributed by atoms with Crippen molar-refractivity contribution in [2.24, 2.45) is 5.16 Å². The van der Waals surface area contributed by atoms with Gasteiger partial charge < -0.3 is 9.77 Å². The van der Waals surface area contributed by atoms with Crippen molar-refractivity contribution >= 4 is 28.9 Å². The largest absolute Gasteiger partial charge is 0.411 e. The van der Waals surface area contributed by atoms with Crippen LogP contribution >= 0.6 is 23.2 Å². The van der Waals surface area contributed by atoms with E-state index in [9.17, 15) is 0 Å². The minimum absolute atomic E-state index is 0.465. The Labute approximate surface area is 121 Å². The second-order valence-corrected chi connectivity index (χ2v) is 5.00. The van der Waals surface area contributed by atoms with Gasteiger partial charge in [0.1, 0.15) is 17.2 Å². The van der Waals surface area contributed by atoms with Crippen LogP contribution in [0.2, 0.25) is 10.0 Å². The molecule has 0 aliphatic heterocycles. The van der Waals surface area contributed by atoms with Gasteiger partial charge in [-0.2, -0.15) is 0 Å². The molecule has 0 aliphatic carbocycles. The maximum atomic E-state index is 8.76. The van der Waals surface area contributed by atoms with E-state index in [-0.39, 0.29) is 0 Å². The Morgan fingerprint density at radius 2 is 2.00 bits per heavy atom. The SMILES string of the molecule is C/C(=N\O)c1cn(Cc2c(Cl)cccc2Cl)c(C)n1. The van der Waals surface area contributed by atoms with Crippen molar-refractivity contribution < 1.29 is 5.21 Å². The summed E-state index contributed by atoms with van der Waals surface area (Å²) >= 11 is 12.3. The summed E-state index contributed by atoms with van der Waals surface area (Å²) in [5.41, 5.74) is 1.94. The zero-order valence-corrected chi connectivity index (χ0v) is 12.1. The van der Waals surface area contributed by atoms with Gasteiger partial charge in [-0.25, -0.2) is 4.98 Å². The number of hydrogen-bond acceptors (Lipinski definition) is 3. The van der Waals surface area contributed by atoms with Crippen LogP contribution in [0, 0.1) is 6.92 Å². The molecule has 4 nitrogen and oxygen atoms in total. The molecular formula is C13H13Cl2N3O. The fourth-order valence-corrected chi connectivity index (χ4v) is 2.26. The molecule has 0 atom stereocenters. The van der Waals surface area contributed by atoms with Gasteiger partial charge in [-0.3, -0.25) is 0 Å². The second-order valence-electron chi connectivity index (χ2n) is 4.19. The first kappa shape index (κ1) is 13.9. The number of rotatable bonds is 3. The molecule has 1 heterocycles. The van der Waals surface area contributed by atoms with Gasteiger partial charge in [0.2, 0.25) is 0 Å². The molecule has 100 valence electrons. The van der Waals surface area contributed by atoms with Gasteiger partial charge in [0, 0.05) is 21.8 Å². The highest BCUT2D eigenvalue weighted by Crippen LogP contribution is 2.25. The Balaban J connectivity index is 2.37. The lowest BCUT2D eigenvalue weighted by molar-refractivity contribution is 0.319. The van der Waals surface area contributed by atoms with Crippen LogP contribution in [0.5, 0.6) is 0 Å². The topological polar surface area (TPSA) is 50.4 Å². The highest BCUT2D eigenvalue weighted by atomic mass is 35.5. The van der Waals surface area contributed by atoms with Crippen molar-refractivity contribution in [2.45, 2.75) is 20.4 Å². The number of benzene rings is 1. The van der Waals surface area contributed by atoms with Gasteiger partial charge in [-0.1, -0.05) is 34.4 Å². The molecule has 1 N–H and O–H groups in total. The molecule has 0 aliphatic rings. The summed E-state index contributed by atoms with van der Waals surface area (Å²) in [6, 6.07) is 5.41. The Bertz CT molecular complexity index is 615. The monoisotopic (exact) mass is 297 g/mol. The molecule has 19 heavy (non-hydrogen) atoms. The van der Waals surface area contributed by atoms with Crippen LogP contribution < -0.4 is 0 Å². The van der Waals surface area contributed by atoms with E-state index in [2.05, 4.69) is 10.1 Å².